The average Bonchev–Trinajstić information content (AvgIpc) is 2.32. The highest BCUT2D eigenvalue weighted by Crippen LogP contribution is 2.13. The van der Waals surface area contributed by atoms with Crippen LogP contribution in [0.1, 0.15) is 19.4 Å². The van der Waals surface area contributed by atoms with Gasteiger partial charge in [0.05, 0.1) is 12.5 Å². The maximum absolute atomic E-state index is 8.58. The maximum Gasteiger partial charge on any atom is 0.0669 e. The number of anilines is 1. The van der Waals surface area contributed by atoms with E-state index in [1.807, 2.05) is 24.3 Å². The Morgan fingerprint density at radius 1 is 1.29 bits per heavy atom. The number of benzene rings is 1. The SMILES string of the molecule is CC(C)C(CN)CNc1ccc(CC#N)cc1. The molecule has 0 fully saturated rings. The van der Waals surface area contributed by atoms with Gasteiger partial charge in [-0.3, -0.25) is 0 Å². The molecule has 0 spiro atoms. The fourth-order valence-corrected chi connectivity index (χ4v) is 1.67. The van der Waals surface area contributed by atoms with Crippen LogP contribution in [0.15, 0.2) is 24.3 Å². The first kappa shape index (κ1) is 13.5. The van der Waals surface area contributed by atoms with Crippen LogP contribution in [-0.2, 0) is 6.42 Å². The molecule has 0 radical (unpaired) electrons. The molecule has 0 aliphatic carbocycles. The zero-order chi connectivity index (χ0) is 12.7. The molecule has 1 rings (SSSR count). The Bertz CT molecular complexity index is 362. The molecule has 1 atom stereocenters. The molecule has 1 unspecified atom stereocenters. The number of nitrogens with two attached hydrogens (primary N) is 1. The van der Waals surface area contributed by atoms with Crippen LogP contribution in [0.25, 0.3) is 0 Å². The molecule has 92 valence electrons. The van der Waals surface area contributed by atoms with Crippen LogP contribution in [-0.4, -0.2) is 13.1 Å². The first-order chi connectivity index (χ1) is 8.17. The maximum atomic E-state index is 8.58. The molecule has 0 aromatic heterocycles. The van der Waals surface area contributed by atoms with E-state index in [2.05, 4.69) is 25.2 Å². The molecule has 0 aliphatic rings. The van der Waals surface area contributed by atoms with Crippen LogP contribution in [0.2, 0.25) is 0 Å². The van der Waals surface area contributed by atoms with Crippen molar-refractivity contribution in [2.24, 2.45) is 17.6 Å². The van der Waals surface area contributed by atoms with Crippen molar-refractivity contribution in [1.29, 1.82) is 5.26 Å². The van der Waals surface area contributed by atoms with Crippen molar-refractivity contribution in [3.8, 4) is 6.07 Å². The fraction of sp³-hybridized carbons (Fsp3) is 0.500. The summed E-state index contributed by atoms with van der Waals surface area (Å²) in [4.78, 5) is 0. The zero-order valence-electron chi connectivity index (χ0n) is 10.6. The quantitative estimate of drug-likeness (QED) is 0.790. The highest BCUT2D eigenvalue weighted by atomic mass is 14.9. The van der Waals surface area contributed by atoms with Crippen molar-refractivity contribution in [1.82, 2.24) is 0 Å². The smallest absolute Gasteiger partial charge is 0.0669 e. The molecule has 0 bridgehead atoms. The zero-order valence-corrected chi connectivity index (χ0v) is 10.6. The summed E-state index contributed by atoms with van der Waals surface area (Å²) in [5, 5.41) is 12.0. The van der Waals surface area contributed by atoms with E-state index in [4.69, 9.17) is 11.0 Å². The lowest BCUT2D eigenvalue weighted by Crippen LogP contribution is -2.27. The Kier molecular flexibility index (Phi) is 5.51. The van der Waals surface area contributed by atoms with E-state index in [1.54, 1.807) is 0 Å². The van der Waals surface area contributed by atoms with E-state index in [0.717, 1.165) is 17.8 Å². The second kappa shape index (κ2) is 6.93. The van der Waals surface area contributed by atoms with Gasteiger partial charge in [0.25, 0.3) is 0 Å². The minimum atomic E-state index is 0.470. The highest BCUT2D eigenvalue weighted by Gasteiger charge is 2.10. The van der Waals surface area contributed by atoms with Gasteiger partial charge < -0.3 is 11.1 Å². The molecule has 3 heteroatoms. The van der Waals surface area contributed by atoms with Gasteiger partial charge in [-0.1, -0.05) is 26.0 Å². The topological polar surface area (TPSA) is 61.8 Å². The van der Waals surface area contributed by atoms with Crippen LogP contribution in [0.3, 0.4) is 0 Å². The predicted molar refractivity (Wildman–Crippen MR) is 71.6 cm³/mol. The number of nitriles is 1. The second-order valence-corrected chi connectivity index (χ2v) is 4.65. The van der Waals surface area contributed by atoms with E-state index in [0.29, 0.717) is 24.8 Å². The number of rotatable bonds is 6. The van der Waals surface area contributed by atoms with Crippen molar-refractivity contribution in [2.75, 3.05) is 18.4 Å². The summed E-state index contributed by atoms with van der Waals surface area (Å²) in [5.74, 6) is 1.08. The first-order valence-corrected chi connectivity index (χ1v) is 6.07. The standard InChI is InChI=1S/C14H21N3/c1-11(2)13(9-16)10-17-14-5-3-12(4-6-14)7-8-15/h3-6,11,13,17H,7,9-10,16H2,1-2H3. The van der Waals surface area contributed by atoms with Crippen molar-refractivity contribution >= 4 is 5.69 Å². The van der Waals surface area contributed by atoms with Crippen molar-refractivity contribution in [2.45, 2.75) is 20.3 Å². The van der Waals surface area contributed by atoms with E-state index >= 15 is 0 Å². The largest absolute Gasteiger partial charge is 0.385 e. The van der Waals surface area contributed by atoms with Gasteiger partial charge in [0, 0.05) is 12.2 Å². The van der Waals surface area contributed by atoms with Crippen LogP contribution < -0.4 is 11.1 Å². The number of hydrogen-bond donors (Lipinski definition) is 2. The second-order valence-electron chi connectivity index (χ2n) is 4.65. The Hall–Kier alpha value is -1.53. The van der Waals surface area contributed by atoms with Crippen LogP contribution in [0, 0.1) is 23.2 Å². The number of nitrogens with one attached hydrogen (secondary N) is 1. The Morgan fingerprint density at radius 3 is 2.41 bits per heavy atom. The minimum Gasteiger partial charge on any atom is -0.385 e. The molecule has 0 saturated heterocycles. The Labute approximate surface area is 104 Å². The number of hydrogen-bond acceptors (Lipinski definition) is 3. The molecule has 1 aromatic carbocycles. The Balaban J connectivity index is 2.49. The van der Waals surface area contributed by atoms with Gasteiger partial charge in [0.15, 0.2) is 0 Å². The van der Waals surface area contributed by atoms with Gasteiger partial charge in [-0.25, -0.2) is 0 Å². The van der Waals surface area contributed by atoms with Gasteiger partial charge in [0.2, 0.25) is 0 Å². The highest BCUT2D eigenvalue weighted by molar-refractivity contribution is 5.45. The summed E-state index contributed by atoms with van der Waals surface area (Å²) in [6.45, 7) is 5.98. The lowest BCUT2D eigenvalue weighted by molar-refractivity contribution is 0.413. The predicted octanol–water partition coefficient (Wildman–Crippen LogP) is 2.40. The molecule has 0 aliphatic heterocycles. The average molecular weight is 231 g/mol. The van der Waals surface area contributed by atoms with Gasteiger partial charge in [0.1, 0.15) is 0 Å². The monoisotopic (exact) mass is 231 g/mol. The van der Waals surface area contributed by atoms with Crippen LogP contribution >= 0.6 is 0 Å². The first-order valence-electron chi connectivity index (χ1n) is 6.07. The summed E-state index contributed by atoms with van der Waals surface area (Å²) in [7, 11) is 0. The van der Waals surface area contributed by atoms with E-state index < -0.39 is 0 Å². The van der Waals surface area contributed by atoms with Gasteiger partial charge in [-0.2, -0.15) is 5.26 Å². The third-order valence-corrected chi connectivity index (χ3v) is 3.05. The van der Waals surface area contributed by atoms with Gasteiger partial charge in [-0.05, 0) is 36.1 Å². The molecule has 17 heavy (non-hydrogen) atoms. The van der Waals surface area contributed by atoms with E-state index in [-0.39, 0.29) is 0 Å². The lowest BCUT2D eigenvalue weighted by Gasteiger charge is -2.19. The summed E-state index contributed by atoms with van der Waals surface area (Å²) in [6, 6.07) is 10.1. The molecule has 3 N–H and O–H groups in total. The minimum absolute atomic E-state index is 0.470. The third-order valence-electron chi connectivity index (χ3n) is 3.05. The summed E-state index contributed by atoms with van der Waals surface area (Å²) >= 11 is 0. The van der Waals surface area contributed by atoms with Crippen molar-refractivity contribution in [3.63, 3.8) is 0 Å². The molecule has 3 nitrogen and oxygen atoms in total. The summed E-state index contributed by atoms with van der Waals surface area (Å²) < 4.78 is 0. The molecular weight excluding hydrogens is 210 g/mol. The van der Waals surface area contributed by atoms with Crippen LogP contribution in [0.5, 0.6) is 0 Å². The lowest BCUT2D eigenvalue weighted by atomic mass is 9.96. The number of nitrogens with zero attached hydrogens (tertiary/aromatic N) is 1. The van der Waals surface area contributed by atoms with Crippen molar-refractivity contribution < 1.29 is 0 Å². The molecule has 1 aromatic rings. The summed E-state index contributed by atoms with van der Waals surface area (Å²) in [6.07, 6.45) is 0.470. The van der Waals surface area contributed by atoms with Crippen molar-refractivity contribution in [3.05, 3.63) is 29.8 Å². The third kappa shape index (κ3) is 4.46. The van der Waals surface area contributed by atoms with E-state index in [1.165, 1.54) is 0 Å². The molecule has 0 saturated carbocycles. The normalized spacial score (nSPS) is 12.2. The van der Waals surface area contributed by atoms with Gasteiger partial charge >= 0.3 is 0 Å². The van der Waals surface area contributed by atoms with Crippen LogP contribution in [0.4, 0.5) is 5.69 Å². The molecule has 0 amide bonds. The Morgan fingerprint density at radius 2 is 1.94 bits per heavy atom. The molecular formula is C14H21N3. The molecule has 0 heterocycles. The van der Waals surface area contributed by atoms with Gasteiger partial charge in [-0.15, -0.1) is 0 Å². The summed E-state index contributed by atoms with van der Waals surface area (Å²) in [5.41, 5.74) is 7.87. The van der Waals surface area contributed by atoms with E-state index in [9.17, 15) is 0 Å². The fourth-order valence-electron chi connectivity index (χ4n) is 1.67.